The number of anilines is 1. The number of ether oxygens (including phenoxy) is 1. The number of carbonyl (C=O) groups excluding carboxylic acids is 2. The highest BCUT2D eigenvalue weighted by atomic mass is 19.1. The summed E-state index contributed by atoms with van der Waals surface area (Å²) in [4.78, 5) is 30.8. The maximum atomic E-state index is 13.9. The van der Waals surface area contributed by atoms with Gasteiger partial charge in [-0.25, -0.2) is 4.39 Å². The Hall–Kier alpha value is -2.19. The van der Waals surface area contributed by atoms with Gasteiger partial charge in [-0.15, -0.1) is 0 Å². The maximum Gasteiger partial charge on any atom is 0.234 e. The second-order valence-corrected chi connectivity index (χ2v) is 9.48. The number of imide groups is 1. The molecule has 2 amide bonds. The molecule has 2 aliphatic rings. The summed E-state index contributed by atoms with van der Waals surface area (Å²) in [5.41, 5.74) is 6.94. The molecule has 2 unspecified atom stereocenters. The van der Waals surface area contributed by atoms with Gasteiger partial charge in [0.15, 0.2) is 0 Å². The Morgan fingerprint density at radius 2 is 1.78 bits per heavy atom. The van der Waals surface area contributed by atoms with E-state index < -0.39 is 0 Å². The zero-order valence-corrected chi connectivity index (χ0v) is 19.7. The van der Waals surface area contributed by atoms with Crippen LogP contribution in [0.4, 0.5) is 10.1 Å². The van der Waals surface area contributed by atoms with Gasteiger partial charge in [0, 0.05) is 51.3 Å². The number of hydrogen-bond acceptors (Lipinski definition) is 6. The Labute approximate surface area is 190 Å². The second kappa shape index (κ2) is 10.6. The number of hydrogen-bond donors (Lipinski definition) is 1. The summed E-state index contributed by atoms with van der Waals surface area (Å²) in [7, 11) is 0. The molecular formula is C24H37FN4O3. The van der Waals surface area contributed by atoms with Gasteiger partial charge in [-0.1, -0.05) is 13.8 Å². The molecule has 178 valence electrons. The summed E-state index contributed by atoms with van der Waals surface area (Å²) in [6, 6.07) is 4.38. The lowest BCUT2D eigenvalue weighted by Crippen LogP contribution is -2.47. The standard InChI is InChI=1S/C24H37FN4O3/c1-16(2)23(26)19-15-22(30)29(24(19)31)9-5-8-27-10-12-28(13-11-27)20-14-18(25)6-7-21(20)32-17(3)4/h6-7,14,16-17,19,23H,5,8-13,15,26H2,1-4H3. The van der Waals surface area contributed by atoms with E-state index in [9.17, 15) is 14.0 Å². The van der Waals surface area contributed by atoms with Crippen molar-refractivity contribution in [1.82, 2.24) is 9.80 Å². The van der Waals surface area contributed by atoms with Crippen molar-refractivity contribution >= 4 is 17.5 Å². The number of piperazine rings is 1. The van der Waals surface area contributed by atoms with Crippen molar-refractivity contribution in [2.45, 2.75) is 52.7 Å². The first-order valence-electron chi connectivity index (χ1n) is 11.7. The number of amides is 2. The third-order valence-corrected chi connectivity index (χ3v) is 6.37. The van der Waals surface area contributed by atoms with E-state index in [4.69, 9.17) is 10.5 Å². The van der Waals surface area contributed by atoms with Crippen LogP contribution in [0.1, 0.15) is 40.5 Å². The lowest BCUT2D eigenvalue weighted by molar-refractivity contribution is -0.139. The number of nitrogens with two attached hydrogens (primary N) is 1. The van der Waals surface area contributed by atoms with E-state index in [2.05, 4.69) is 9.80 Å². The molecule has 0 radical (unpaired) electrons. The summed E-state index contributed by atoms with van der Waals surface area (Å²) in [5, 5.41) is 0. The fourth-order valence-corrected chi connectivity index (χ4v) is 4.46. The quantitative estimate of drug-likeness (QED) is 0.585. The van der Waals surface area contributed by atoms with Crippen LogP contribution >= 0.6 is 0 Å². The predicted molar refractivity (Wildman–Crippen MR) is 123 cm³/mol. The number of benzene rings is 1. The molecule has 0 aliphatic carbocycles. The van der Waals surface area contributed by atoms with Crippen molar-refractivity contribution in [2.75, 3.05) is 44.2 Å². The normalized spacial score (nSPS) is 21.2. The highest BCUT2D eigenvalue weighted by Crippen LogP contribution is 2.31. The monoisotopic (exact) mass is 448 g/mol. The minimum absolute atomic E-state index is 0.0196. The van der Waals surface area contributed by atoms with Crippen molar-refractivity contribution in [3.63, 3.8) is 0 Å². The van der Waals surface area contributed by atoms with E-state index >= 15 is 0 Å². The molecule has 0 saturated carbocycles. The van der Waals surface area contributed by atoms with E-state index in [1.165, 1.54) is 17.0 Å². The van der Waals surface area contributed by atoms with Gasteiger partial charge in [0.05, 0.1) is 17.7 Å². The number of nitrogens with zero attached hydrogens (tertiary/aromatic N) is 3. The second-order valence-electron chi connectivity index (χ2n) is 9.48. The van der Waals surface area contributed by atoms with E-state index in [1.54, 1.807) is 6.07 Å². The molecule has 7 nitrogen and oxygen atoms in total. The first kappa shape index (κ1) is 24.5. The van der Waals surface area contributed by atoms with Crippen LogP contribution in [0.2, 0.25) is 0 Å². The van der Waals surface area contributed by atoms with Crippen LogP contribution in [0, 0.1) is 17.7 Å². The van der Waals surface area contributed by atoms with E-state index in [0.717, 1.165) is 44.8 Å². The van der Waals surface area contributed by atoms with E-state index in [1.807, 2.05) is 27.7 Å². The molecule has 2 atom stereocenters. The van der Waals surface area contributed by atoms with Gasteiger partial charge in [0.2, 0.25) is 11.8 Å². The largest absolute Gasteiger partial charge is 0.489 e. The van der Waals surface area contributed by atoms with Crippen LogP contribution in [-0.4, -0.2) is 73.0 Å². The zero-order chi connectivity index (χ0) is 23.4. The smallest absolute Gasteiger partial charge is 0.234 e. The molecule has 0 bridgehead atoms. The maximum absolute atomic E-state index is 13.9. The van der Waals surface area contributed by atoms with Crippen molar-refractivity contribution in [2.24, 2.45) is 17.6 Å². The van der Waals surface area contributed by atoms with Crippen LogP contribution in [0.25, 0.3) is 0 Å². The fraction of sp³-hybridized carbons (Fsp3) is 0.667. The molecule has 2 N–H and O–H groups in total. The first-order valence-corrected chi connectivity index (χ1v) is 11.7. The molecule has 8 heteroatoms. The molecule has 0 aromatic heterocycles. The Balaban J connectivity index is 1.48. The molecule has 2 heterocycles. The van der Waals surface area contributed by atoms with Crippen LogP contribution in [0.15, 0.2) is 18.2 Å². The van der Waals surface area contributed by atoms with Gasteiger partial charge < -0.3 is 15.4 Å². The summed E-state index contributed by atoms with van der Waals surface area (Å²) in [6.07, 6.45) is 0.986. The predicted octanol–water partition coefficient (Wildman–Crippen LogP) is 2.48. The van der Waals surface area contributed by atoms with Crippen LogP contribution in [0.3, 0.4) is 0 Å². The Morgan fingerprint density at radius 1 is 1.09 bits per heavy atom. The van der Waals surface area contributed by atoms with Crippen molar-refractivity contribution in [1.29, 1.82) is 0 Å². The lowest BCUT2D eigenvalue weighted by atomic mass is 9.90. The zero-order valence-electron chi connectivity index (χ0n) is 19.7. The summed E-state index contributed by atoms with van der Waals surface area (Å²) >= 11 is 0. The van der Waals surface area contributed by atoms with Gasteiger partial charge in [-0.2, -0.15) is 0 Å². The van der Waals surface area contributed by atoms with E-state index in [-0.39, 0.29) is 48.0 Å². The third-order valence-electron chi connectivity index (χ3n) is 6.37. The van der Waals surface area contributed by atoms with Gasteiger partial charge in [-0.3, -0.25) is 19.4 Å². The van der Waals surface area contributed by atoms with Crippen LogP contribution < -0.4 is 15.4 Å². The van der Waals surface area contributed by atoms with Crippen molar-refractivity contribution in [3.8, 4) is 5.75 Å². The molecule has 0 spiro atoms. The SMILES string of the molecule is CC(C)Oc1ccc(F)cc1N1CCN(CCCN2C(=O)CC(C(N)C(C)C)C2=O)CC1. The van der Waals surface area contributed by atoms with Crippen LogP contribution in [-0.2, 0) is 9.59 Å². The van der Waals surface area contributed by atoms with E-state index in [0.29, 0.717) is 12.3 Å². The number of likely N-dealkylation sites (tertiary alicyclic amines) is 1. The summed E-state index contributed by atoms with van der Waals surface area (Å²) < 4.78 is 19.7. The van der Waals surface area contributed by atoms with Gasteiger partial charge >= 0.3 is 0 Å². The first-order chi connectivity index (χ1) is 15.2. The topological polar surface area (TPSA) is 79.1 Å². The third kappa shape index (κ3) is 5.78. The molecule has 2 aliphatic heterocycles. The summed E-state index contributed by atoms with van der Waals surface area (Å²) in [6.45, 7) is 12.3. The molecule has 1 aromatic carbocycles. The average molecular weight is 449 g/mol. The molecule has 2 saturated heterocycles. The Morgan fingerprint density at radius 3 is 2.41 bits per heavy atom. The minimum atomic E-state index is -0.389. The lowest BCUT2D eigenvalue weighted by Gasteiger charge is -2.37. The molecule has 3 rings (SSSR count). The average Bonchev–Trinajstić information content (AvgIpc) is 3.02. The molecular weight excluding hydrogens is 411 g/mol. The molecule has 32 heavy (non-hydrogen) atoms. The highest BCUT2D eigenvalue weighted by molar-refractivity contribution is 6.03. The summed E-state index contributed by atoms with van der Waals surface area (Å²) in [5.74, 6) is -0.0179. The Kier molecular flexibility index (Phi) is 8.11. The Bertz CT molecular complexity index is 808. The van der Waals surface area contributed by atoms with Crippen molar-refractivity contribution < 1.29 is 18.7 Å². The van der Waals surface area contributed by atoms with Gasteiger partial charge in [-0.05, 0) is 44.9 Å². The van der Waals surface area contributed by atoms with Crippen molar-refractivity contribution in [3.05, 3.63) is 24.0 Å². The molecule has 1 aromatic rings. The minimum Gasteiger partial charge on any atom is -0.489 e. The fourth-order valence-electron chi connectivity index (χ4n) is 4.46. The van der Waals surface area contributed by atoms with Gasteiger partial charge in [0.1, 0.15) is 11.6 Å². The number of carbonyl (C=O) groups is 2. The molecule has 2 fully saturated rings. The van der Waals surface area contributed by atoms with Gasteiger partial charge in [0.25, 0.3) is 0 Å². The number of rotatable bonds is 9. The van der Waals surface area contributed by atoms with Crippen LogP contribution in [0.5, 0.6) is 5.75 Å². The highest BCUT2D eigenvalue weighted by Gasteiger charge is 2.42. The number of halogens is 1.